The number of nitrogens with zero attached hydrogens (tertiary/aromatic N) is 1. The van der Waals surface area contributed by atoms with E-state index in [4.69, 9.17) is 10.00 Å². The fourth-order valence-electron chi connectivity index (χ4n) is 2.58. The SMILES string of the molecule is CC(C)C[C@H](OC(c1ccc(Br)cc1)C1CC1)C(=O)NCC#N. The molecule has 1 aromatic carbocycles. The summed E-state index contributed by atoms with van der Waals surface area (Å²) in [5.74, 6) is 0.634. The summed E-state index contributed by atoms with van der Waals surface area (Å²) in [5, 5.41) is 11.3. The number of rotatable bonds is 8. The number of nitrogens with one attached hydrogen (secondary N) is 1. The molecule has 5 heteroatoms. The van der Waals surface area contributed by atoms with Gasteiger partial charge in [-0.25, -0.2) is 0 Å². The van der Waals surface area contributed by atoms with Crippen LogP contribution >= 0.6 is 15.9 Å². The molecule has 124 valence electrons. The van der Waals surface area contributed by atoms with Crippen LogP contribution in [-0.2, 0) is 9.53 Å². The topological polar surface area (TPSA) is 62.1 Å². The lowest BCUT2D eigenvalue weighted by molar-refractivity contribution is -0.139. The summed E-state index contributed by atoms with van der Waals surface area (Å²) < 4.78 is 7.26. The van der Waals surface area contributed by atoms with E-state index in [0.717, 1.165) is 22.9 Å². The Hall–Kier alpha value is -1.38. The molecule has 2 atom stereocenters. The molecule has 1 saturated carbocycles. The van der Waals surface area contributed by atoms with Crippen LogP contribution in [0.1, 0.15) is 44.8 Å². The van der Waals surface area contributed by atoms with E-state index in [1.54, 1.807) is 0 Å². The molecule has 0 bridgehead atoms. The Balaban J connectivity index is 2.11. The van der Waals surface area contributed by atoms with Crippen LogP contribution in [-0.4, -0.2) is 18.6 Å². The molecule has 0 aromatic heterocycles. The molecule has 1 fully saturated rings. The largest absolute Gasteiger partial charge is 0.360 e. The summed E-state index contributed by atoms with van der Waals surface area (Å²) in [6.07, 6.45) is 2.35. The molecule has 0 spiro atoms. The average molecular weight is 379 g/mol. The van der Waals surface area contributed by atoms with Crippen molar-refractivity contribution in [2.75, 3.05) is 6.54 Å². The zero-order chi connectivity index (χ0) is 16.8. The number of ether oxygens (including phenoxy) is 1. The second-order valence-electron chi connectivity index (χ2n) is 6.44. The molecule has 0 aliphatic heterocycles. The lowest BCUT2D eigenvalue weighted by Gasteiger charge is -2.25. The van der Waals surface area contributed by atoms with Crippen LogP contribution in [0.3, 0.4) is 0 Å². The minimum atomic E-state index is -0.516. The molecular weight excluding hydrogens is 356 g/mol. The van der Waals surface area contributed by atoms with Gasteiger partial charge in [-0.15, -0.1) is 0 Å². The lowest BCUT2D eigenvalue weighted by atomic mass is 10.0. The molecule has 0 heterocycles. The van der Waals surface area contributed by atoms with Crippen molar-refractivity contribution in [1.29, 1.82) is 5.26 Å². The maximum absolute atomic E-state index is 12.3. The van der Waals surface area contributed by atoms with E-state index in [0.29, 0.717) is 18.3 Å². The summed E-state index contributed by atoms with van der Waals surface area (Å²) in [6, 6.07) is 10.0. The van der Waals surface area contributed by atoms with Gasteiger partial charge in [0, 0.05) is 4.47 Å². The van der Waals surface area contributed by atoms with Crippen molar-refractivity contribution in [1.82, 2.24) is 5.32 Å². The van der Waals surface area contributed by atoms with Gasteiger partial charge in [-0.3, -0.25) is 4.79 Å². The van der Waals surface area contributed by atoms with E-state index < -0.39 is 6.10 Å². The van der Waals surface area contributed by atoms with Crippen molar-refractivity contribution in [2.24, 2.45) is 11.8 Å². The summed E-state index contributed by atoms with van der Waals surface area (Å²) in [6.45, 7) is 4.16. The number of hydrogen-bond acceptors (Lipinski definition) is 3. The summed E-state index contributed by atoms with van der Waals surface area (Å²) in [7, 11) is 0. The van der Waals surface area contributed by atoms with Crippen LogP contribution in [0.25, 0.3) is 0 Å². The molecule has 0 saturated heterocycles. The van der Waals surface area contributed by atoms with Gasteiger partial charge in [-0.2, -0.15) is 5.26 Å². The second kappa shape index (κ2) is 8.47. The average Bonchev–Trinajstić information content (AvgIpc) is 3.34. The van der Waals surface area contributed by atoms with Crippen molar-refractivity contribution in [3.05, 3.63) is 34.3 Å². The fraction of sp³-hybridized carbons (Fsp3) is 0.556. The van der Waals surface area contributed by atoms with E-state index in [1.165, 1.54) is 0 Å². The molecule has 1 aromatic rings. The second-order valence-corrected chi connectivity index (χ2v) is 7.36. The highest BCUT2D eigenvalue weighted by Gasteiger charge is 2.36. The third-order valence-electron chi connectivity index (χ3n) is 3.88. The third kappa shape index (κ3) is 5.63. The highest BCUT2D eigenvalue weighted by atomic mass is 79.9. The van der Waals surface area contributed by atoms with Crippen molar-refractivity contribution < 1.29 is 9.53 Å². The molecular formula is C18H23BrN2O2. The fourth-order valence-corrected chi connectivity index (χ4v) is 2.85. The Morgan fingerprint density at radius 2 is 2.04 bits per heavy atom. The van der Waals surface area contributed by atoms with Gasteiger partial charge in [0.15, 0.2) is 0 Å². The zero-order valence-electron chi connectivity index (χ0n) is 13.6. The monoisotopic (exact) mass is 378 g/mol. The molecule has 0 radical (unpaired) electrons. The smallest absolute Gasteiger partial charge is 0.249 e. The number of nitriles is 1. The first-order valence-corrected chi connectivity index (χ1v) is 8.86. The van der Waals surface area contributed by atoms with Crippen LogP contribution in [0.2, 0.25) is 0 Å². The molecule has 1 unspecified atom stereocenters. The van der Waals surface area contributed by atoms with Gasteiger partial charge in [0.05, 0.1) is 12.2 Å². The predicted molar refractivity (Wildman–Crippen MR) is 92.6 cm³/mol. The van der Waals surface area contributed by atoms with Crippen molar-refractivity contribution in [3.63, 3.8) is 0 Å². The van der Waals surface area contributed by atoms with E-state index in [-0.39, 0.29) is 18.6 Å². The van der Waals surface area contributed by atoms with E-state index in [1.807, 2.05) is 30.3 Å². The maximum atomic E-state index is 12.3. The van der Waals surface area contributed by atoms with Crippen LogP contribution in [0.5, 0.6) is 0 Å². The van der Waals surface area contributed by atoms with Crippen LogP contribution in [0.4, 0.5) is 0 Å². The van der Waals surface area contributed by atoms with Crippen LogP contribution in [0.15, 0.2) is 28.7 Å². The highest BCUT2D eigenvalue weighted by Crippen LogP contribution is 2.44. The van der Waals surface area contributed by atoms with Gasteiger partial charge in [0.25, 0.3) is 0 Å². The third-order valence-corrected chi connectivity index (χ3v) is 4.41. The number of halogens is 1. The number of benzene rings is 1. The molecule has 1 N–H and O–H groups in total. The quantitative estimate of drug-likeness (QED) is 0.696. The Labute approximate surface area is 146 Å². The van der Waals surface area contributed by atoms with E-state index >= 15 is 0 Å². The van der Waals surface area contributed by atoms with E-state index in [2.05, 4.69) is 35.1 Å². The molecule has 1 aliphatic carbocycles. The standard InChI is InChI=1S/C18H23BrN2O2/c1-12(2)11-16(18(22)21-10-9-20)23-17(13-3-4-13)14-5-7-15(19)8-6-14/h5-8,12-13,16-17H,3-4,10-11H2,1-2H3,(H,21,22)/t16-,17?/m0/s1. The number of carbonyl (C=O) groups is 1. The summed E-state index contributed by atoms with van der Waals surface area (Å²) in [5.41, 5.74) is 1.11. The summed E-state index contributed by atoms with van der Waals surface area (Å²) >= 11 is 3.45. The van der Waals surface area contributed by atoms with Gasteiger partial charge in [-0.05, 0) is 48.8 Å². The van der Waals surface area contributed by atoms with Crippen LogP contribution in [0, 0.1) is 23.2 Å². The lowest BCUT2D eigenvalue weighted by Crippen LogP contribution is -2.38. The number of hydrogen-bond donors (Lipinski definition) is 1. The molecule has 2 rings (SSSR count). The number of amides is 1. The Morgan fingerprint density at radius 3 is 2.57 bits per heavy atom. The van der Waals surface area contributed by atoms with Crippen molar-refractivity contribution >= 4 is 21.8 Å². The van der Waals surface area contributed by atoms with Crippen LogP contribution < -0.4 is 5.32 Å². The first-order chi connectivity index (χ1) is 11.0. The van der Waals surface area contributed by atoms with Gasteiger partial charge < -0.3 is 10.1 Å². The maximum Gasteiger partial charge on any atom is 0.249 e. The van der Waals surface area contributed by atoms with Gasteiger partial charge in [-0.1, -0.05) is 41.9 Å². The first-order valence-electron chi connectivity index (χ1n) is 8.06. The summed E-state index contributed by atoms with van der Waals surface area (Å²) in [4.78, 5) is 12.3. The van der Waals surface area contributed by atoms with Gasteiger partial charge >= 0.3 is 0 Å². The van der Waals surface area contributed by atoms with Crippen molar-refractivity contribution in [2.45, 2.75) is 45.3 Å². The Kier molecular flexibility index (Phi) is 6.61. The molecule has 23 heavy (non-hydrogen) atoms. The number of carbonyl (C=O) groups excluding carboxylic acids is 1. The van der Waals surface area contributed by atoms with Gasteiger partial charge in [0.1, 0.15) is 12.6 Å². The normalized spacial score (nSPS) is 16.7. The Bertz CT molecular complexity index is 561. The van der Waals surface area contributed by atoms with Crippen molar-refractivity contribution in [3.8, 4) is 6.07 Å². The Morgan fingerprint density at radius 1 is 1.39 bits per heavy atom. The van der Waals surface area contributed by atoms with E-state index in [9.17, 15) is 4.79 Å². The first kappa shape index (κ1) is 18.0. The predicted octanol–water partition coefficient (Wildman–Crippen LogP) is 3.97. The minimum absolute atomic E-state index is 0.0170. The highest BCUT2D eigenvalue weighted by molar-refractivity contribution is 9.10. The minimum Gasteiger partial charge on any atom is -0.360 e. The molecule has 4 nitrogen and oxygen atoms in total. The van der Waals surface area contributed by atoms with Gasteiger partial charge in [0.2, 0.25) is 5.91 Å². The molecule has 1 aliphatic rings. The molecule has 1 amide bonds. The zero-order valence-corrected chi connectivity index (χ0v) is 15.2.